The average Bonchev–Trinajstić information content (AvgIpc) is 2.62. The van der Waals surface area contributed by atoms with E-state index >= 15 is 0 Å². The Morgan fingerprint density at radius 3 is 2.93 bits per heavy atom. The maximum Gasteiger partial charge on any atom is 0.172 e. The highest BCUT2D eigenvalue weighted by Crippen LogP contribution is 2.30. The van der Waals surface area contributed by atoms with Gasteiger partial charge in [-0.15, -0.1) is 11.3 Å². The van der Waals surface area contributed by atoms with Gasteiger partial charge in [0.05, 0.1) is 4.88 Å². The lowest BCUT2D eigenvalue weighted by atomic mass is 9.97. The van der Waals surface area contributed by atoms with Crippen LogP contribution in [0.2, 0.25) is 0 Å². The van der Waals surface area contributed by atoms with E-state index in [1.54, 1.807) is 6.07 Å². The van der Waals surface area contributed by atoms with Crippen molar-refractivity contribution < 1.29 is 9.59 Å². The first-order chi connectivity index (χ1) is 6.72. The molecular formula is C11H12O2S. The minimum Gasteiger partial charge on any atom is -0.294 e. The van der Waals surface area contributed by atoms with Gasteiger partial charge in [-0.25, -0.2) is 0 Å². The number of carbonyl (C=O) groups excluding carboxylic acids is 2. The fourth-order valence-electron chi connectivity index (χ4n) is 1.71. The van der Waals surface area contributed by atoms with Crippen molar-refractivity contribution in [2.24, 2.45) is 0 Å². The highest BCUT2D eigenvalue weighted by molar-refractivity contribution is 7.14. The van der Waals surface area contributed by atoms with Crippen LogP contribution in [0.5, 0.6) is 0 Å². The minimum absolute atomic E-state index is 0.150. The summed E-state index contributed by atoms with van der Waals surface area (Å²) in [6.45, 7) is 1.85. The molecular weight excluding hydrogens is 196 g/mol. The number of aryl methyl sites for hydroxylation is 1. The Kier molecular flexibility index (Phi) is 2.50. The Labute approximate surface area is 86.9 Å². The van der Waals surface area contributed by atoms with Gasteiger partial charge in [0.25, 0.3) is 0 Å². The Morgan fingerprint density at radius 1 is 1.50 bits per heavy atom. The van der Waals surface area contributed by atoms with E-state index in [9.17, 15) is 9.59 Å². The van der Waals surface area contributed by atoms with Gasteiger partial charge in [0.1, 0.15) is 0 Å². The third-order valence-electron chi connectivity index (χ3n) is 2.51. The number of fused-ring (bicyclic) bond motifs is 1. The van der Waals surface area contributed by atoms with E-state index in [2.05, 4.69) is 0 Å². The van der Waals surface area contributed by atoms with Crippen LogP contribution in [0.4, 0.5) is 0 Å². The summed E-state index contributed by atoms with van der Waals surface area (Å²) >= 11 is 1.50. The molecule has 0 saturated heterocycles. The Balaban J connectivity index is 2.40. The molecule has 3 heteroatoms. The summed E-state index contributed by atoms with van der Waals surface area (Å²) in [7, 11) is 0. The summed E-state index contributed by atoms with van der Waals surface area (Å²) < 4.78 is 0. The van der Waals surface area contributed by atoms with Crippen LogP contribution < -0.4 is 0 Å². The lowest BCUT2D eigenvalue weighted by molar-refractivity contribution is 0.0973. The third-order valence-corrected chi connectivity index (χ3v) is 3.75. The molecule has 2 rings (SSSR count). The van der Waals surface area contributed by atoms with Crippen molar-refractivity contribution >= 4 is 22.9 Å². The molecule has 0 spiro atoms. The molecule has 0 amide bonds. The first kappa shape index (κ1) is 9.59. The standard InChI is InChI=1S/C11H12O2S/c1-2-8(12)11-6-7-9(13)4-3-5-10(7)14-11/h6H,2-5H2,1H3. The molecule has 0 atom stereocenters. The predicted octanol–water partition coefficient (Wildman–Crippen LogP) is 2.86. The van der Waals surface area contributed by atoms with E-state index in [-0.39, 0.29) is 11.6 Å². The highest BCUT2D eigenvalue weighted by atomic mass is 32.1. The third kappa shape index (κ3) is 1.52. The summed E-state index contributed by atoms with van der Waals surface area (Å²) in [6, 6.07) is 1.79. The van der Waals surface area contributed by atoms with Crippen LogP contribution in [0.25, 0.3) is 0 Å². The van der Waals surface area contributed by atoms with Gasteiger partial charge in [-0.2, -0.15) is 0 Å². The molecule has 1 aliphatic rings. The summed E-state index contributed by atoms with van der Waals surface area (Å²) in [6.07, 6.45) is 3.06. The van der Waals surface area contributed by atoms with Crippen molar-refractivity contribution in [2.45, 2.75) is 32.6 Å². The maximum absolute atomic E-state index is 11.5. The molecule has 0 bridgehead atoms. The van der Waals surface area contributed by atoms with Crippen molar-refractivity contribution in [2.75, 3.05) is 0 Å². The number of thiophene rings is 1. The smallest absolute Gasteiger partial charge is 0.172 e. The molecule has 0 saturated carbocycles. The van der Waals surface area contributed by atoms with E-state index in [4.69, 9.17) is 0 Å². The lowest BCUT2D eigenvalue weighted by Crippen LogP contribution is -2.06. The quantitative estimate of drug-likeness (QED) is 0.700. The van der Waals surface area contributed by atoms with Crippen LogP contribution >= 0.6 is 11.3 Å². The summed E-state index contributed by atoms with van der Waals surface area (Å²) in [5.74, 6) is 0.356. The van der Waals surface area contributed by atoms with Gasteiger partial charge in [-0.1, -0.05) is 6.92 Å². The molecule has 74 valence electrons. The van der Waals surface area contributed by atoms with Crippen molar-refractivity contribution in [3.63, 3.8) is 0 Å². The molecule has 0 N–H and O–H groups in total. The normalized spacial score (nSPS) is 15.4. The highest BCUT2D eigenvalue weighted by Gasteiger charge is 2.21. The molecule has 1 aliphatic carbocycles. The molecule has 0 aromatic carbocycles. The monoisotopic (exact) mass is 208 g/mol. The fraction of sp³-hybridized carbons (Fsp3) is 0.455. The molecule has 0 radical (unpaired) electrons. The molecule has 1 aromatic heterocycles. The number of hydrogen-bond acceptors (Lipinski definition) is 3. The van der Waals surface area contributed by atoms with Gasteiger partial charge in [0.15, 0.2) is 11.6 Å². The predicted molar refractivity (Wildman–Crippen MR) is 56.2 cm³/mol. The number of rotatable bonds is 2. The van der Waals surface area contributed by atoms with Crippen LogP contribution in [-0.4, -0.2) is 11.6 Å². The van der Waals surface area contributed by atoms with Crippen LogP contribution in [0, 0.1) is 0 Å². The zero-order valence-corrected chi connectivity index (χ0v) is 8.95. The number of carbonyl (C=O) groups is 2. The molecule has 1 heterocycles. The second-order valence-corrected chi connectivity index (χ2v) is 4.64. The van der Waals surface area contributed by atoms with Gasteiger partial charge < -0.3 is 0 Å². The van der Waals surface area contributed by atoms with E-state index in [0.29, 0.717) is 12.8 Å². The van der Waals surface area contributed by atoms with Crippen molar-refractivity contribution in [1.82, 2.24) is 0 Å². The van der Waals surface area contributed by atoms with E-state index in [1.807, 2.05) is 6.92 Å². The fourth-order valence-corrected chi connectivity index (χ4v) is 2.94. The summed E-state index contributed by atoms with van der Waals surface area (Å²) in [4.78, 5) is 24.8. The Bertz CT molecular complexity index is 390. The largest absolute Gasteiger partial charge is 0.294 e. The number of Topliss-reactive ketones (excluding diaryl/α,β-unsaturated/α-hetero) is 2. The molecule has 0 unspecified atom stereocenters. The van der Waals surface area contributed by atoms with Crippen molar-refractivity contribution in [3.05, 3.63) is 21.4 Å². The summed E-state index contributed by atoms with van der Waals surface area (Å²) in [5, 5.41) is 0. The van der Waals surface area contributed by atoms with Crippen molar-refractivity contribution in [1.29, 1.82) is 0 Å². The number of ketones is 2. The minimum atomic E-state index is 0.150. The van der Waals surface area contributed by atoms with Gasteiger partial charge >= 0.3 is 0 Å². The Hall–Kier alpha value is -0.960. The topological polar surface area (TPSA) is 34.1 Å². The van der Waals surface area contributed by atoms with Crippen molar-refractivity contribution in [3.8, 4) is 0 Å². The van der Waals surface area contributed by atoms with Gasteiger partial charge in [0.2, 0.25) is 0 Å². The van der Waals surface area contributed by atoms with Crippen LogP contribution in [0.15, 0.2) is 6.07 Å². The first-order valence-electron chi connectivity index (χ1n) is 4.91. The Morgan fingerprint density at radius 2 is 2.29 bits per heavy atom. The molecule has 14 heavy (non-hydrogen) atoms. The van der Waals surface area contributed by atoms with Gasteiger partial charge in [-0.3, -0.25) is 9.59 Å². The van der Waals surface area contributed by atoms with E-state index < -0.39 is 0 Å². The first-order valence-corrected chi connectivity index (χ1v) is 5.73. The van der Waals surface area contributed by atoms with Gasteiger partial charge in [-0.05, 0) is 18.9 Å². The van der Waals surface area contributed by atoms with E-state index in [0.717, 1.165) is 28.2 Å². The second-order valence-electron chi connectivity index (χ2n) is 3.50. The average molecular weight is 208 g/mol. The number of hydrogen-bond donors (Lipinski definition) is 0. The lowest BCUT2D eigenvalue weighted by Gasteiger charge is -2.07. The summed E-state index contributed by atoms with van der Waals surface area (Å²) in [5.41, 5.74) is 0.804. The molecule has 1 aromatic rings. The zero-order chi connectivity index (χ0) is 10.1. The van der Waals surface area contributed by atoms with Crippen LogP contribution in [0.1, 0.15) is 51.1 Å². The van der Waals surface area contributed by atoms with Gasteiger partial charge in [0, 0.05) is 23.3 Å². The van der Waals surface area contributed by atoms with Crippen LogP contribution in [0.3, 0.4) is 0 Å². The molecule has 2 nitrogen and oxygen atoms in total. The SMILES string of the molecule is CCC(=O)c1cc2c(s1)CCCC2=O. The zero-order valence-electron chi connectivity index (χ0n) is 8.13. The second kappa shape index (κ2) is 3.65. The van der Waals surface area contributed by atoms with Crippen LogP contribution in [-0.2, 0) is 6.42 Å². The molecule has 0 aliphatic heterocycles. The van der Waals surface area contributed by atoms with E-state index in [1.165, 1.54) is 11.3 Å². The molecule has 0 fully saturated rings. The maximum atomic E-state index is 11.5.